The number of aryl methyl sites for hydroxylation is 1. The Labute approximate surface area is 96.1 Å². The first-order valence-corrected chi connectivity index (χ1v) is 5.91. The summed E-state index contributed by atoms with van der Waals surface area (Å²) >= 11 is 0. The van der Waals surface area contributed by atoms with Crippen molar-refractivity contribution in [2.75, 3.05) is 13.2 Å². The maximum absolute atomic E-state index is 9.61. The molecule has 5 heteroatoms. The van der Waals surface area contributed by atoms with Gasteiger partial charge in [-0.15, -0.1) is 5.10 Å². The molecule has 90 valence electrons. The number of likely N-dealkylation sites (tertiary alicyclic amines) is 1. The minimum atomic E-state index is -0.0235. The van der Waals surface area contributed by atoms with Crippen LogP contribution in [0.2, 0.25) is 0 Å². The fourth-order valence-electron chi connectivity index (χ4n) is 2.58. The van der Waals surface area contributed by atoms with Crippen molar-refractivity contribution in [3.63, 3.8) is 0 Å². The third kappa shape index (κ3) is 1.85. The van der Waals surface area contributed by atoms with Crippen molar-refractivity contribution in [1.29, 1.82) is 0 Å². The van der Waals surface area contributed by atoms with Gasteiger partial charge in [-0.2, -0.15) is 0 Å². The Morgan fingerprint density at radius 3 is 2.94 bits per heavy atom. The molecule has 1 unspecified atom stereocenters. The molecule has 2 rings (SSSR count). The molecule has 0 aliphatic carbocycles. The lowest BCUT2D eigenvalue weighted by molar-refractivity contribution is 0.0532. The highest BCUT2D eigenvalue weighted by Gasteiger charge is 2.38. The molecule has 5 nitrogen and oxygen atoms in total. The molecule has 0 radical (unpaired) electrons. The van der Waals surface area contributed by atoms with Crippen molar-refractivity contribution in [3.05, 3.63) is 11.9 Å². The van der Waals surface area contributed by atoms with Crippen molar-refractivity contribution in [2.45, 2.75) is 38.3 Å². The van der Waals surface area contributed by atoms with Gasteiger partial charge in [-0.05, 0) is 25.8 Å². The quantitative estimate of drug-likeness (QED) is 0.811. The summed E-state index contributed by atoms with van der Waals surface area (Å²) < 4.78 is 1.80. The van der Waals surface area contributed by atoms with Gasteiger partial charge in [0.2, 0.25) is 0 Å². The Kier molecular flexibility index (Phi) is 3.25. The Balaban J connectivity index is 2.12. The third-order valence-corrected chi connectivity index (χ3v) is 3.85. The van der Waals surface area contributed by atoms with Gasteiger partial charge in [0.15, 0.2) is 0 Å². The summed E-state index contributed by atoms with van der Waals surface area (Å²) in [5.41, 5.74) is 1.08. The Hall–Kier alpha value is -0.940. The lowest BCUT2D eigenvalue weighted by atomic mass is 9.94. The molecule has 1 N–H and O–H groups in total. The third-order valence-electron chi connectivity index (χ3n) is 3.85. The number of nitrogens with zero attached hydrogens (tertiary/aromatic N) is 4. The van der Waals surface area contributed by atoms with E-state index in [1.165, 1.54) is 6.42 Å². The average molecular weight is 224 g/mol. The molecule has 0 amide bonds. The summed E-state index contributed by atoms with van der Waals surface area (Å²) in [6.07, 6.45) is 5.05. The van der Waals surface area contributed by atoms with Gasteiger partial charge in [-0.3, -0.25) is 9.58 Å². The van der Waals surface area contributed by atoms with Gasteiger partial charge in [-0.1, -0.05) is 12.1 Å². The summed E-state index contributed by atoms with van der Waals surface area (Å²) in [7, 11) is 1.91. The molecule has 1 aromatic rings. The van der Waals surface area contributed by atoms with E-state index in [9.17, 15) is 5.11 Å². The van der Waals surface area contributed by atoms with Gasteiger partial charge in [0.1, 0.15) is 0 Å². The molecule has 0 aromatic carbocycles. The van der Waals surface area contributed by atoms with E-state index in [0.29, 0.717) is 0 Å². The van der Waals surface area contributed by atoms with E-state index in [1.807, 2.05) is 7.05 Å². The molecule has 1 aromatic heterocycles. The van der Waals surface area contributed by atoms with Gasteiger partial charge < -0.3 is 5.11 Å². The molecule has 0 saturated carbocycles. The van der Waals surface area contributed by atoms with Gasteiger partial charge in [-0.25, -0.2) is 0 Å². The number of hydrogen-bond acceptors (Lipinski definition) is 4. The van der Waals surface area contributed by atoms with Crippen LogP contribution in [-0.2, 0) is 13.6 Å². The van der Waals surface area contributed by atoms with E-state index >= 15 is 0 Å². The van der Waals surface area contributed by atoms with Crippen molar-refractivity contribution in [1.82, 2.24) is 19.9 Å². The van der Waals surface area contributed by atoms with Crippen LogP contribution in [-0.4, -0.2) is 43.7 Å². The van der Waals surface area contributed by atoms with Crippen LogP contribution in [0.15, 0.2) is 6.20 Å². The molecule has 1 aliphatic rings. The van der Waals surface area contributed by atoms with Gasteiger partial charge in [0.25, 0.3) is 0 Å². The molecule has 0 spiro atoms. The van der Waals surface area contributed by atoms with E-state index in [0.717, 1.165) is 31.6 Å². The lowest BCUT2D eigenvalue weighted by Gasteiger charge is -2.36. The normalized spacial score (nSPS) is 26.4. The minimum Gasteiger partial charge on any atom is -0.394 e. The maximum Gasteiger partial charge on any atom is 0.0738 e. The summed E-state index contributed by atoms with van der Waals surface area (Å²) in [5, 5.41) is 17.4. The van der Waals surface area contributed by atoms with Crippen molar-refractivity contribution in [3.8, 4) is 0 Å². The number of aromatic nitrogens is 3. The predicted molar refractivity (Wildman–Crippen MR) is 60.8 cm³/mol. The smallest absolute Gasteiger partial charge is 0.0738 e. The first kappa shape index (κ1) is 11.5. The Morgan fingerprint density at radius 1 is 1.56 bits per heavy atom. The fourth-order valence-corrected chi connectivity index (χ4v) is 2.58. The van der Waals surface area contributed by atoms with Crippen LogP contribution < -0.4 is 0 Å². The van der Waals surface area contributed by atoms with Gasteiger partial charge in [0, 0.05) is 19.1 Å². The van der Waals surface area contributed by atoms with E-state index in [-0.39, 0.29) is 12.1 Å². The molecule has 0 bridgehead atoms. The SMILES string of the molecule is CCC1(CO)CCCN1Cc1cnnn1C. The molecule has 1 atom stereocenters. The number of aliphatic hydroxyl groups excluding tert-OH is 1. The molecule has 2 heterocycles. The number of rotatable bonds is 4. The van der Waals surface area contributed by atoms with E-state index in [1.54, 1.807) is 10.9 Å². The highest BCUT2D eigenvalue weighted by atomic mass is 16.3. The van der Waals surface area contributed by atoms with Crippen LogP contribution in [0.4, 0.5) is 0 Å². The minimum absolute atomic E-state index is 0.0235. The lowest BCUT2D eigenvalue weighted by Crippen LogP contribution is -2.46. The second-order valence-electron chi connectivity index (χ2n) is 4.61. The van der Waals surface area contributed by atoms with Gasteiger partial charge in [0.05, 0.1) is 18.5 Å². The topological polar surface area (TPSA) is 54.2 Å². The standard InChI is InChI=1S/C11H20N4O/c1-3-11(9-16)5-4-6-15(11)8-10-7-12-13-14(10)2/h7,16H,3-6,8-9H2,1-2H3. The van der Waals surface area contributed by atoms with E-state index in [4.69, 9.17) is 0 Å². The highest BCUT2D eigenvalue weighted by Crippen LogP contribution is 2.32. The molecule has 1 aliphatic heterocycles. The molecular formula is C11H20N4O. The Morgan fingerprint density at radius 2 is 2.38 bits per heavy atom. The molecular weight excluding hydrogens is 204 g/mol. The number of hydrogen-bond donors (Lipinski definition) is 1. The largest absolute Gasteiger partial charge is 0.394 e. The second-order valence-corrected chi connectivity index (χ2v) is 4.61. The molecule has 1 saturated heterocycles. The van der Waals surface area contributed by atoms with Crippen molar-refractivity contribution in [2.24, 2.45) is 7.05 Å². The maximum atomic E-state index is 9.61. The first-order chi connectivity index (χ1) is 7.72. The summed E-state index contributed by atoms with van der Waals surface area (Å²) in [4.78, 5) is 2.37. The number of aliphatic hydroxyl groups is 1. The van der Waals surface area contributed by atoms with Crippen molar-refractivity contribution >= 4 is 0 Å². The van der Waals surface area contributed by atoms with E-state index < -0.39 is 0 Å². The van der Waals surface area contributed by atoms with Crippen LogP contribution >= 0.6 is 0 Å². The Bertz CT molecular complexity index is 346. The van der Waals surface area contributed by atoms with Crippen molar-refractivity contribution < 1.29 is 5.11 Å². The van der Waals surface area contributed by atoms with Crippen LogP contribution in [0.5, 0.6) is 0 Å². The summed E-state index contributed by atoms with van der Waals surface area (Å²) in [6.45, 7) is 4.28. The van der Waals surface area contributed by atoms with Gasteiger partial charge >= 0.3 is 0 Å². The van der Waals surface area contributed by atoms with E-state index in [2.05, 4.69) is 22.1 Å². The highest BCUT2D eigenvalue weighted by molar-refractivity contribution is 5.00. The van der Waals surface area contributed by atoms with Crippen LogP contribution in [0.25, 0.3) is 0 Å². The van der Waals surface area contributed by atoms with Crippen LogP contribution in [0.3, 0.4) is 0 Å². The van der Waals surface area contributed by atoms with Crippen LogP contribution in [0, 0.1) is 0 Å². The predicted octanol–water partition coefficient (Wildman–Crippen LogP) is 0.552. The second kappa shape index (κ2) is 4.51. The molecule has 16 heavy (non-hydrogen) atoms. The monoisotopic (exact) mass is 224 g/mol. The fraction of sp³-hybridized carbons (Fsp3) is 0.818. The zero-order chi connectivity index (χ0) is 11.6. The zero-order valence-corrected chi connectivity index (χ0v) is 10.1. The first-order valence-electron chi connectivity index (χ1n) is 5.91. The average Bonchev–Trinajstić information content (AvgIpc) is 2.88. The summed E-state index contributed by atoms with van der Waals surface area (Å²) in [5.74, 6) is 0. The molecule has 1 fully saturated rings. The summed E-state index contributed by atoms with van der Waals surface area (Å²) in [6, 6.07) is 0. The zero-order valence-electron chi connectivity index (χ0n) is 10.1. The van der Waals surface area contributed by atoms with Crippen LogP contribution in [0.1, 0.15) is 31.9 Å².